The third-order valence-electron chi connectivity index (χ3n) is 6.29. The number of carbonyl (C=O) groups excluding carboxylic acids is 2. The summed E-state index contributed by atoms with van der Waals surface area (Å²) in [5.41, 5.74) is -1.89. The van der Waals surface area contributed by atoms with E-state index in [-0.39, 0.29) is 29.5 Å². The van der Waals surface area contributed by atoms with E-state index in [1.807, 2.05) is 0 Å². The Kier molecular flexibility index (Phi) is 6.28. The van der Waals surface area contributed by atoms with Gasteiger partial charge < -0.3 is 24.9 Å². The summed E-state index contributed by atoms with van der Waals surface area (Å²) in [6.45, 7) is -0.379. The number of oxazole rings is 1. The second-order valence-electron chi connectivity index (χ2n) is 8.39. The summed E-state index contributed by atoms with van der Waals surface area (Å²) in [5, 5.41) is 16.3. The minimum absolute atomic E-state index is 0.0631. The van der Waals surface area contributed by atoms with Gasteiger partial charge in [-0.15, -0.1) is 0 Å². The molecule has 12 heteroatoms. The quantitative estimate of drug-likeness (QED) is 0.553. The van der Waals surface area contributed by atoms with Crippen molar-refractivity contribution < 1.29 is 37.0 Å². The van der Waals surface area contributed by atoms with Gasteiger partial charge in [0, 0.05) is 11.6 Å². The lowest BCUT2D eigenvalue weighted by molar-refractivity contribution is -0.132. The summed E-state index contributed by atoms with van der Waals surface area (Å²) in [7, 11) is 0. The van der Waals surface area contributed by atoms with Crippen LogP contribution < -0.4 is 15.4 Å². The molecule has 3 fully saturated rings. The van der Waals surface area contributed by atoms with Crippen molar-refractivity contribution in [1.29, 1.82) is 0 Å². The average molecular weight is 488 g/mol. The summed E-state index contributed by atoms with van der Waals surface area (Å²) in [5.74, 6) is -2.51. The van der Waals surface area contributed by atoms with Crippen molar-refractivity contribution in [2.75, 3.05) is 6.61 Å². The summed E-state index contributed by atoms with van der Waals surface area (Å²) >= 11 is 5.62. The molecule has 3 saturated carbocycles. The van der Waals surface area contributed by atoms with Crippen molar-refractivity contribution in [2.45, 2.75) is 55.7 Å². The monoisotopic (exact) mass is 487 g/mol. The first-order chi connectivity index (χ1) is 15.6. The second-order valence-corrected chi connectivity index (χ2v) is 8.80. The van der Waals surface area contributed by atoms with Gasteiger partial charge in [-0.25, -0.2) is 9.37 Å². The Labute approximate surface area is 191 Å². The maximum Gasteiger partial charge on any atom is 0.313 e. The number of carbonyl (C=O) groups is 2. The molecule has 0 spiro atoms. The van der Waals surface area contributed by atoms with Crippen molar-refractivity contribution in [3.8, 4) is 5.75 Å². The minimum Gasteiger partial charge on any atom is -0.484 e. The molecule has 0 radical (unpaired) electrons. The van der Waals surface area contributed by atoms with E-state index in [0.717, 1.165) is 12.3 Å². The van der Waals surface area contributed by atoms with Crippen LogP contribution >= 0.6 is 11.6 Å². The van der Waals surface area contributed by atoms with E-state index in [4.69, 9.17) is 16.3 Å². The third kappa shape index (κ3) is 4.79. The number of halogens is 4. The zero-order chi connectivity index (χ0) is 23.8. The lowest BCUT2D eigenvalue weighted by Crippen LogP contribution is -2.70. The molecule has 2 aromatic rings. The molecule has 2 bridgehead atoms. The molecule has 3 aliphatic rings. The Hall–Kier alpha value is -2.79. The van der Waals surface area contributed by atoms with Crippen LogP contribution in [0.3, 0.4) is 0 Å². The van der Waals surface area contributed by atoms with Gasteiger partial charge in [0.1, 0.15) is 17.8 Å². The number of rotatable bonds is 7. The highest BCUT2D eigenvalue weighted by molar-refractivity contribution is 6.30. The number of benzene rings is 1. The molecule has 0 saturated heterocycles. The SMILES string of the molecule is O=C(COc1ccc(Cl)c(F)c1)NC12CCC(NC(=O)c3coc(C(F)F)n3)(CC1)C[C@@H]2O. The van der Waals surface area contributed by atoms with E-state index < -0.39 is 47.1 Å². The van der Waals surface area contributed by atoms with Crippen molar-refractivity contribution in [1.82, 2.24) is 15.6 Å². The zero-order valence-electron chi connectivity index (χ0n) is 17.2. The number of fused-ring (bicyclic) bond motifs is 3. The maximum absolute atomic E-state index is 13.5. The molecule has 0 aliphatic heterocycles. The molecule has 178 valence electrons. The molecule has 5 rings (SSSR count). The lowest BCUT2D eigenvalue weighted by atomic mass is 9.60. The van der Waals surface area contributed by atoms with Crippen LogP contribution in [-0.4, -0.2) is 45.7 Å². The number of ether oxygens (including phenoxy) is 1. The first-order valence-corrected chi connectivity index (χ1v) is 10.6. The summed E-state index contributed by atoms with van der Waals surface area (Å²) in [6.07, 6.45) is -1.16. The van der Waals surface area contributed by atoms with Crippen LogP contribution in [0.5, 0.6) is 5.75 Å². The summed E-state index contributed by atoms with van der Waals surface area (Å²) in [4.78, 5) is 28.4. The molecule has 1 atom stereocenters. The van der Waals surface area contributed by atoms with Crippen molar-refractivity contribution >= 4 is 23.4 Å². The summed E-state index contributed by atoms with van der Waals surface area (Å²) < 4.78 is 48.7. The number of amides is 2. The van der Waals surface area contributed by atoms with Gasteiger partial charge >= 0.3 is 6.43 Å². The Morgan fingerprint density at radius 1 is 1.27 bits per heavy atom. The average Bonchev–Trinajstić information content (AvgIpc) is 3.27. The predicted molar refractivity (Wildman–Crippen MR) is 109 cm³/mol. The largest absolute Gasteiger partial charge is 0.484 e. The van der Waals surface area contributed by atoms with E-state index >= 15 is 0 Å². The fraction of sp³-hybridized carbons (Fsp3) is 0.476. The molecule has 3 aliphatic carbocycles. The van der Waals surface area contributed by atoms with Gasteiger partial charge in [0.2, 0.25) is 0 Å². The normalized spacial score (nSPS) is 26.3. The van der Waals surface area contributed by atoms with Crippen LogP contribution in [0.4, 0.5) is 13.2 Å². The Balaban J connectivity index is 1.34. The standard InChI is InChI=1S/C21H21ClF3N3O5/c22-12-2-1-11(7-13(12)23)32-10-16(30)27-21-5-3-20(4-6-21,8-15(21)29)28-18(31)14-9-33-19(26-14)17(24)25/h1-2,7,9,15,17,29H,3-6,8,10H2,(H,27,30)(H,28,31)/t15-,20?,21?/m0/s1. The summed E-state index contributed by atoms with van der Waals surface area (Å²) in [6, 6.07) is 3.82. The van der Waals surface area contributed by atoms with Crippen LogP contribution in [0.25, 0.3) is 0 Å². The van der Waals surface area contributed by atoms with E-state index in [0.29, 0.717) is 25.7 Å². The highest BCUT2D eigenvalue weighted by Crippen LogP contribution is 2.47. The first-order valence-electron chi connectivity index (χ1n) is 10.2. The molecule has 0 unspecified atom stereocenters. The van der Waals surface area contributed by atoms with Gasteiger partial charge in [0.05, 0.1) is 16.7 Å². The van der Waals surface area contributed by atoms with E-state index in [2.05, 4.69) is 20.0 Å². The molecule has 3 N–H and O–H groups in total. The Morgan fingerprint density at radius 2 is 2.00 bits per heavy atom. The molecule has 1 aromatic carbocycles. The smallest absolute Gasteiger partial charge is 0.313 e. The van der Waals surface area contributed by atoms with Gasteiger partial charge in [-0.3, -0.25) is 9.59 Å². The first kappa shape index (κ1) is 23.4. The minimum atomic E-state index is -2.93. The molecule has 33 heavy (non-hydrogen) atoms. The number of aromatic nitrogens is 1. The van der Waals surface area contributed by atoms with E-state index in [1.54, 1.807) is 0 Å². The van der Waals surface area contributed by atoms with Crippen molar-refractivity contribution in [3.63, 3.8) is 0 Å². The number of nitrogens with zero attached hydrogens (tertiary/aromatic N) is 1. The van der Waals surface area contributed by atoms with Crippen LogP contribution in [0, 0.1) is 5.82 Å². The fourth-order valence-corrected chi connectivity index (χ4v) is 4.61. The van der Waals surface area contributed by atoms with Crippen molar-refractivity contribution in [3.05, 3.63) is 46.9 Å². The van der Waals surface area contributed by atoms with Gasteiger partial charge in [-0.1, -0.05) is 11.6 Å². The molecular formula is C21H21ClF3N3O5. The van der Waals surface area contributed by atoms with Crippen LogP contribution in [0.15, 0.2) is 28.9 Å². The highest BCUT2D eigenvalue weighted by Gasteiger charge is 2.55. The number of aliphatic hydroxyl groups is 1. The topological polar surface area (TPSA) is 114 Å². The lowest BCUT2D eigenvalue weighted by Gasteiger charge is -2.56. The van der Waals surface area contributed by atoms with Gasteiger partial charge in [0.15, 0.2) is 12.3 Å². The zero-order valence-corrected chi connectivity index (χ0v) is 18.0. The van der Waals surface area contributed by atoms with Crippen molar-refractivity contribution in [2.24, 2.45) is 0 Å². The van der Waals surface area contributed by atoms with Gasteiger partial charge in [0.25, 0.3) is 17.7 Å². The fourth-order valence-electron chi connectivity index (χ4n) is 4.49. The molecular weight excluding hydrogens is 467 g/mol. The number of aliphatic hydroxyl groups excluding tert-OH is 1. The number of alkyl halides is 2. The maximum atomic E-state index is 13.5. The number of nitrogens with one attached hydrogen (secondary N) is 2. The van der Waals surface area contributed by atoms with Gasteiger partial charge in [-0.2, -0.15) is 8.78 Å². The van der Waals surface area contributed by atoms with Crippen LogP contribution in [-0.2, 0) is 4.79 Å². The Bertz CT molecular complexity index is 1060. The van der Waals surface area contributed by atoms with E-state index in [9.17, 15) is 27.9 Å². The van der Waals surface area contributed by atoms with Crippen LogP contribution in [0.2, 0.25) is 5.02 Å². The Morgan fingerprint density at radius 3 is 2.61 bits per heavy atom. The molecule has 8 nitrogen and oxygen atoms in total. The third-order valence-corrected chi connectivity index (χ3v) is 6.60. The molecule has 2 amide bonds. The van der Waals surface area contributed by atoms with E-state index in [1.165, 1.54) is 12.1 Å². The predicted octanol–water partition coefficient (Wildman–Crippen LogP) is 3.15. The highest BCUT2D eigenvalue weighted by atomic mass is 35.5. The number of hydrogen-bond donors (Lipinski definition) is 3. The second kappa shape index (κ2) is 8.86. The molecule has 1 aromatic heterocycles. The van der Waals surface area contributed by atoms with Crippen LogP contribution in [0.1, 0.15) is 54.9 Å². The van der Waals surface area contributed by atoms with Gasteiger partial charge in [-0.05, 0) is 44.2 Å². The molecule has 1 heterocycles. The number of hydrogen-bond acceptors (Lipinski definition) is 6.